The highest BCUT2D eigenvalue weighted by Crippen LogP contribution is 2.26. The Balaban J connectivity index is 1.83. The van der Waals surface area contributed by atoms with Crippen LogP contribution in [-0.2, 0) is 17.9 Å². The van der Waals surface area contributed by atoms with Crippen LogP contribution in [-0.4, -0.2) is 19.0 Å². The smallest absolute Gasteiger partial charge is 0.216 e. The Labute approximate surface area is 146 Å². The quantitative estimate of drug-likeness (QED) is 0.718. The molecule has 0 aromatic heterocycles. The van der Waals surface area contributed by atoms with Gasteiger partial charge in [-0.2, -0.15) is 0 Å². The first kappa shape index (κ1) is 18.2. The summed E-state index contributed by atoms with van der Waals surface area (Å²) in [6.45, 7) is 3.49. The molecule has 0 radical (unpaired) electrons. The molecule has 0 aliphatic heterocycles. The van der Waals surface area contributed by atoms with Crippen molar-refractivity contribution in [1.82, 2.24) is 10.6 Å². The Bertz CT molecular complexity index is 694. The average molecular weight is 351 g/mol. The number of nitrogens with one attached hydrogen (secondary N) is 2. The highest BCUT2D eigenvalue weighted by atomic mass is 35.5. The second kappa shape index (κ2) is 9.25. The topological polar surface area (TPSA) is 50.4 Å². The van der Waals surface area contributed by atoms with E-state index in [9.17, 15) is 9.18 Å². The zero-order valence-corrected chi connectivity index (χ0v) is 14.2. The van der Waals surface area contributed by atoms with Crippen molar-refractivity contribution in [3.63, 3.8) is 0 Å². The average Bonchev–Trinajstić information content (AvgIpc) is 2.55. The van der Waals surface area contributed by atoms with E-state index in [0.29, 0.717) is 36.0 Å². The molecule has 0 fully saturated rings. The van der Waals surface area contributed by atoms with Crippen LogP contribution in [0, 0.1) is 5.82 Å². The summed E-state index contributed by atoms with van der Waals surface area (Å²) < 4.78 is 19.1. The van der Waals surface area contributed by atoms with Crippen molar-refractivity contribution in [2.75, 3.05) is 13.1 Å². The van der Waals surface area contributed by atoms with E-state index in [0.717, 1.165) is 5.56 Å². The SMILES string of the molecule is CC(=O)NCCNCc1ccc(OCc2ccccc2F)c(Cl)c1. The molecule has 0 aliphatic carbocycles. The molecule has 4 nitrogen and oxygen atoms in total. The van der Waals surface area contributed by atoms with Gasteiger partial charge in [-0.15, -0.1) is 0 Å². The van der Waals surface area contributed by atoms with Crippen LogP contribution in [0.3, 0.4) is 0 Å². The van der Waals surface area contributed by atoms with E-state index in [1.807, 2.05) is 12.1 Å². The monoisotopic (exact) mass is 350 g/mol. The molecule has 0 saturated carbocycles. The maximum absolute atomic E-state index is 13.6. The summed E-state index contributed by atoms with van der Waals surface area (Å²) >= 11 is 6.21. The molecule has 2 N–H and O–H groups in total. The first-order valence-corrected chi connectivity index (χ1v) is 8.04. The molecule has 2 rings (SSSR count). The lowest BCUT2D eigenvalue weighted by Crippen LogP contribution is -2.29. The number of amides is 1. The van der Waals surface area contributed by atoms with E-state index >= 15 is 0 Å². The Morgan fingerprint density at radius 2 is 2.00 bits per heavy atom. The fourth-order valence-corrected chi connectivity index (χ4v) is 2.36. The van der Waals surface area contributed by atoms with Crippen molar-refractivity contribution in [2.24, 2.45) is 0 Å². The van der Waals surface area contributed by atoms with Crippen LogP contribution < -0.4 is 15.4 Å². The first-order valence-electron chi connectivity index (χ1n) is 7.66. The minimum Gasteiger partial charge on any atom is -0.487 e. The maximum Gasteiger partial charge on any atom is 0.216 e. The van der Waals surface area contributed by atoms with Gasteiger partial charge < -0.3 is 15.4 Å². The van der Waals surface area contributed by atoms with Gasteiger partial charge in [0, 0.05) is 32.1 Å². The third-order valence-electron chi connectivity index (χ3n) is 3.34. The summed E-state index contributed by atoms with van der Waals surface area (Å²) in [7, 11) is 0. The summed E-state index contributed by atoms with van der Waals surface area (Å²) in [5.41, 5.74) is 1.48. The van der Waals surface area contributed by atoms with E-state index in [2.05, 4.69) is 10.6 Å². The Kier molecular flexibility index (Phi) is 7.03. The fourth-order valence-electron chi connectivity index (χ4n) is 2.10. The standard InChI is InChI=1S/C18H20ClFN2O2/c1-13(23)22-9-8-21-11-14-6-7-18(16(19)10-14)24-12-15-4-2-3-5-17(15)20/h2-7,10,21H,8-9,11-12H2,1H3,(H,22,23). The number of benzene rings is 2. The number of carbonyl (C=O) groups is 1. The van der Waals surface area contributed by atoms with E-state index in [1.54, 1.807) is 24.3 Å². The second-order valence-corrected chi connectivity index (χ2v) is 5.71. The lowest BCUT2D eigenvalue weighted by Gasteiger charge is -2.11. The van der Waals surface area contributed by atoms with Gasteiger partial charge in [0.05, 0.1) is 5.02 Å². The Hall–Kier alpha value is -2.11. The third kappa shape index (κ3) is 5.83. The summed E-state index contributed by atoms with van der Waals surface area (Å²) in [5.74, 6) is 0.173. The number of ether oxygens (including phenoxy) is 1. The third-order valence-corrected chi connectivity index (χ3v) is 3.64. The number of rotatable bonds is 8. The van der Waals surface area contributed by atoms with Crippen LogP contribution >= 0.6 is 11.6 Å². The fraction of sp³-hybridized carbons (Fsp3) is 0.278. The summed E-state index contributed by atoms with van der Waals surface area (Å²) in [6, 6.07) is 12.0. The molecule has 0 spiro atoms. The van der Waals surface area contributed by atoms with Gasteiger partial charge >= 0.3 is 0 Å². The highest BCUT2D eigenvalue weighted by Gasteiger charge is 2.06. The zero-order valence-electron chi connectivity index (χ0n) is 13.4. The van der Waals surface area contributed by atoms with Crippen LogP contribution in [0.1, 0.15) is 18.1 Å². The zero-order chi connectivity index (χ0) is 17.4. The van der Waals surface area contributed by atoms with Crippen LogP contribution in [0.5, 0.6) is 5.75 Å². The number of hydrogen-bond donors (Lipinski definition) is 2. The summed E-state index contributed by atoms with van der Waals surface area (Å²) in [5, 5.41) is 6.40. The van der Waals surface area contributed by atoms with Crippen LogP contribution in [0.2, 0.25) is 5.02 Å². The molecule has 0 heterocycles. The first-order chi connectivity index (χ1) is 11.6. The van der Waals surface area contributed by atoms with E-state index in [1.165, 1.54) is 13.0 Å². The van der Waals surface area contributed by atoms with Gasteiger partial charge in [0.1, 0.15) is 18.2 Å². The highest BCUT2D eigenvalue weighted by molar-refractivity contribution is 6.32. The van der Waals surface area contributed by atoms with E-state index < -0.39 is 0 Å². The predicted octanol–water partition coefficient (Wildman–Crippen LogP) is 3.28. The number of halogens is 2. The molecule has 0 unspecified atom stereocenters. The molecular weight excluding hydrogens is 331 g/mol. The minimum atomic E-state index is -0.298. The molecule has 2 aromatic carbocycles. The van der Waals surface area contributed by atoms with E-state index in [-0.39, 0.29) is 18.3 Å². The minimum absolute atomic E-state index is 0.0452. The predicted molar refractivity (Wildman–Crippen MR) is 92.6 cm³/mol. The maximum atomic E-state index is 13.6. The van der Waals surface area contributed by atoms with Crippen molar-refractivity contribution in [3.8, 4) is 5.75 Å². The van der Waals surface area contributed by atoms with Crippen molar-refractivity contribution in [2.45, 2.75) is 20.1 Å². The molecule has 1 amide bonds. The molecule has 0 saturated heterocycles. The normalized spacial score (nSPS) is 10.5. The Morgan fingerprint density at radius 3 is 2.71 bits per heavy atom. The number of hydrogen-bond acceptors (Lipinski definition) is 3. The van der Waals surface area contributed by atoms with E-state index in [4.69, 9.17) is 16.3 Å². The lowest BCUT2D eigenvalue weighted by molar-refractivity contribution is -0.118. The van der Waals surface area contributed by atoms with Crippen LogP contribution in [0.4, 0.5) is 4.39 Å². The molecule has 128 valence electrons. The lowest BCUT2D eigenvalue weighted by atomic mass is 10.2. The Morgan fingerprint density at radius 1 is 1.21 bits per heavy atom. The molecule has 24 heavy (non-hydrogen) atoms. The van der Waals surface area contributed by atoms with Gasteiger partial charge in [0.2, 0.25) is 5.91 Å². The van der Waals surface area contributed by atoms with Gasteiger partial charge in [0.25, 0.3) is 0 Å². The van der Waals surface area contributed by atoms with Crippen molar-refractivity contribution in [1.29, 1.82) is 0 Å². The molecule has 2 aromatic rings. The van der Waals surface area contributed by atoms with Gasteiger partial charge in [-0.1, -0.05) is 35.9 Å². The van der Waals surface area contributed by atoms with Gasteiger partial charge in [0.15, 0.2) is 0 Å². The van der Waals surface area contributed by atoms with Crippen LogP contribution in [0.25, 0.3) is 0 Å². The van der Waals surface area contributed by atoms with Gasteiger partial charge in [-0.05, 0) is 23.8 Å². The van der Waals surface area contributed by atoms with Crippen LogP contribution in [0.15, 0.2) is 42.5 Å². The molecule has 6 heteroatoms. The molecular formula is C18H20ClFN2O2. The molecule has 0 bridgehead atoms. The van der Waals surface area contributed by atoms with Gasteiger partial charge in [-0.3, -0.25) is 4.79 Å². The molecule has 0 atom stereocenters. The molecule has 0 aliphatic rings. The van der Waals surface area contributed by atoms with Gasteiger partial charge in [-0.25, -0.2) is 4.39 Å². The summed E-state index contributed by atoms with van der Waals surface area (Å²) in [4.78, 5) is 10.8. The van der Waals surface area contributed by atoms with Crippen molar-refractivity contribution in [3.05, 3.63) is 64.4 Å². The largest absolute Gasteiger partial charge is 0.487 e. The van der Waals surface area contributed by atoms with Crippen molar-refractivity contribution >= 4 is 17.5 Å². The number of carbonyl (C=O) groups excluding carboxylic acids is 1. The van der Waals surface area contributed by atoms with Crippen molar-refractivity contribution < 1.29 is 13.9 Å². The second-order valence-electron chi connectivity index (χ2n) is 5.30. The summed E-state index contributed by atoms with van der Waals surface area (Å²) in [6.07, 6.45) is 0.